The maximum atomic E-state index is 12.6. The van der Waals surface area contributed by atoms with Crippen LogP contribution in [0.25, 0.3) is 21.8 Å². The number of nitrogens with one attached hydrogen (secondary N) is 1. The van der Waals surface area contributed by atoms with Crippen molar-refractivity contribution in [3.05, 3.63) is 81.9 Å². The minimum atomic E-state index is -0.450. The van der Waals surface area contributed by atoms with Crippen LogP contribution in [0.3, 0.4) is 0 Å². The summed E-state index contributed by atoms with van der Waals surface area (Å²) in [6.45, 7) is 4.59. The first kappa shape index (κ1) is 17.7. The predicted octanol–water partition coefficient (Wildman–Crippen LogP) is 5.28. The van der Waals surface area contributed by atoms with Crippen LogP contribution in [-0.4, -0.2) is 15.4 Å². The van der Waals surface area contributed by atoms with Crippen molar-refractivity contribution in [2.24, 2.45) is 0 Å². The zero-order chi connectivity index (χ0) is 19.8. The van der Waals surface area contributed by atoms with Gasteiger partial charge < -0.3 is 9.88 Å². The number of anilines is 1. The molecule has 0 fully saturated rings. The van der Waals surface area contributed by atoms with Crippen LogP contribution in [0.4, 0.5) is 11.4 Å². The van der Waals surface area contributed by atoms with Crippen LogP contribution < -0.4 is 5.32 Å². The number of carbonyl (C=O) groups excluding carboxylic acids is 1. The lowest BCUT2D eigenvalue weighted by Crippen LogP contribution is -2.12. The van der Waals surface area contributed by atoms with Crippen LogP contribution in [0.1, 0.15) is 22.8 Å². The first-order valence-corrected chi connectivity index (χ1v) is 9.07. The van der Waals surface area contributed by atoms with Gasteiger partial charge in [-0.2, -0.15) is 0 Å². The lowest BCUT2D eigenvalue weighted by Gasteiger charge is -2.07. The normalized spacial score (nSPS) is 11.1. The zero-order valence-electron chi connectivity index (χ0n) is 15.6. The molecule has 28 heavy (non-hydrogen) atoms. The Morgan fingerprint density at radius 3 is 2.50 bits per heavy atom. The molecular weight excluding hydrogens is 354 g/mol. The predicted molar refractivity (Wildman–Crippen MR) is 111 cm³/mol. The third-order valence-corrected chi connectivity index (χ3v) is 5.00. The summed E-state index contributed by atoms with van der Waals surface area (Å²) in [6, 6.07) is 18.4. The monoisotopic (exact) mass is 373 g/mol. The van der Waals surface area contributed by atoms with Crippen molar-refractivity contribution in [1.29, 1.82) is 0 Å². The summed E-state index contributed by atoms with van der Waals surface area (Å²) in [7, 11) is 0. The van der Waals surface area contributed by atoms with E-state index in [1.807, 2.05) is 30.3 Å². The molecule has 0 unspecified atom stereocenters. The summed E-state index contributed by atoms with van der Waals surface area (Å²) >= 11 is 0. The minimum Gasteiger partial charge on any atom is -0.341 e. The molecule has 0 atom stereocenters. The summed E-state index contributed by atoms with van der Waals surface area (Å²) in [5.41, 5.74) is 3.82. The molecule has 0 radical (unpaired) electrons. The third kappa shape index (κ3) is 2.89. The molecular formula is C22H19N3O3. The Morgan fingerprint density at radius 1 is 1.04 bits per heavy atom. The molecule has 0 saturated carbocycles. The minimum absolute atomic E-state index is 0.00495. The summed E-state index contributed by atoms with van der Waals surface area (Å²) < 4.78 is 2.25. The van der Waals surface area contributed by atoms with Gasteiger partial charge in [-0.25, -0.2) is 0 Å². The number of hydrogen-bond donors (Lipinski definition) is 1. The average molecular weight is 373 g/mol. The Hall–Kier alpha value is -3.67. The highest BCUT2D eigenvalue weighted by Crippen LogP contribution is 2.31. The van der Waals surface area contributed by atoms with E-state index in [4.69, 9.17) is 0 Å². The average Bonchev–Trinajstić information content (AvgIpc) is 3.00. The molecule has 140 valence electrons. The number of benzene rings is 3. The number of aromatic nitrogens is 1. The van der Waals surface area contributed by atoms with Gasteiger partial charge in [-0.15, -0.1) is 0 Å². The second kappa shape index (κ2) is 6.81. The van der Waals surface area contributed by atoms with Gasteiger partial charge in [-0.1, -0.05) is 18.2 Å². The quantitative estimate of drug-likeness (QED) is 0.390. The molecule has 1 N–H and O–H groups in total. The molecule has 0 aliphatic heterocycles. The molecule has 0 aliphatic carbocycles. The second-order valence-electron chi connectivity index (χ2n) is 6.71. The molecule has 6 nitrogen and oxygen atoms in total. The van der Waals surface area contributed by atoms with E-state index in [0.717, 1.165) is 28.4 Å². The Bertz CT molecular complexity index is 1240. The van der Waals surface area contributed by atoms with E-state index in [-0.39, 0.29) is 11.6 Å². The van der Waals surface area contributed by atoms with Gasteiger partial charge in [0, 0.05) is 51.2 Å². The molecule has 0 spiro atoms. The Kier molecular flexibility index (Phi) is 4.31. The number of amides is 1. The number of nitro benzene ring substituents is 1. The fourth-order valence-electron chi connectivity index (χ4n) is 3.68. The van der Waals surface area contributed by atoms with Crippen LogP contribution >= 0.6 is 0 Å². The van der Waals surface area contributed by atoms with Crippen LogP contribution in [-0.2, 0) is 6.54 Å². The first-order valence-electron chi connectivity index (χ1n) is 9.07. The number of rotatable bonds is 4. The molecule has 1 amide bonds. The highest BCUT2D eigenvalue weighted by atomic mass is 16.6. The summed E-state index contributed by atoms with van der Waals surface area (Å²) in [6.07, 6.45) is 0. The standard InChI is InChI=1S/C22H19N3O3/c1-3-24-20-7-5-4-6-17(20)18-13-16(9-11-21(18)24)23-22(26)15-8-10-19(25(27)28)14(2)12-15/h4-13H,3H2,1-2H3,(H,23,26). The van der Waals surface area contributed by atoms with Crippen molar-refractivity contribution in [3.63, 3.8) is 0 Å². The summed E-state index contributed by atoms with van der Waals surface area (Å²) in [4.78, 5) is 23.1. The Labute approximate surface area is 161 Å². The van der Waals surface area contributed by atoms with Crippen LogP contribution in [0.15, 0.2) is 60.7 Å². The lowest BCUT2D eigenvalue weighted by molar-refractivity contribution is -0.385. The third-order valence-electron chi connectivity index (χ3n) is 5.00. The van der Waals surface area contributed by atoms with Gasteiger partial charge in [0.2, 0.25) is 0 Å². The van der Waals surface area contributed by atoms with Crippen molar-refractivity contribution in [1.82, 2.24) is 4.57 Å². The molecule has 6 heteroatoms. The van der Waals surface area contributed by atoms with Crippen LogP contribution in [0.2, 0.25) is 0 Å². The van der Waals surface area contributed by atoms with Gasteiger partial charge in [-0.3, -0.25) is 14.9 Å². The van der Waals surface area contributed by atoms with Gasteiger partial charge in [0.15, 0.2) is 0 Å². The Morgan fingerprint density at radius 2 is 1.79 bits per heavy atom. The maximum Gasteiger partial charge on any atom is 0.272 e. The van der Waals surface area contributed by atoms with Crippen molar-refractivity contribution in [2.75, 3.05) is 5.32 Å². The van der Waals surface area contributed by atoms with Crippen molar-refractivity contribution >= 4 is 39.1 Å². The molecule has 0 aliphatic rings. The van der Waals surface area contributed by atoms with E-state index in [1.165, 1.54) is 18.2 Å². The molecule has 0 bridgehead atoms. The highest BCUT2D eigenvalue weighted by molar-refractivity contribution is 6.11. The van der Waals surface area contributed by atoms with E-state index >= 15 is 0 Å². The van der Waals surface area contributed by atoms with E-state index < -0.39 is 4.92 Å². The molecule has 1 heterocycles. The summed E-state index contributed by atoms with van der Waals surface area (Å²) in [5.74, 6) is -0.295. The van der Waals surface area contributed by atoms with E-state index in [1.54, 1.807) is 6.92 Å². The smallest absolute Gasteiger partial charge is 0.272 e. The zero-order valence-corrected chi connectivity index (χ0v) is 15.6. The largest absolute Gasteiger partial charge is 0.341 e. The van der Waals surface area contributed by atoms with Gasteiger partial charge in [0.1, 0.15) is 0 Å². The first-order chi connectivity index (χ1) is 13.5. The number of nitro groups is 1. The topological polar surface area (TPSA) is 77.2 Å². The Balaban J connectivity index is 1.70. The number of para-hydroxylation sites is 1. The number of hydrogen-bond acceptors (Lipinski definition) is 3. The number of aryl methyl sites for hydroxylation is 2. The second-order valence-corrected chi connectivity index (χ2v) is 6.71. The van der Waals surface area contributed by atoms with Gasteiger partial charge in [-0.05, 0) is 50.2 Å². The van der Waals surface area contributed by atoms with Crippen LogP contribution in [0, 0.1) is 17.0 Å². The number of fused-ring (bicyclic) bond motifs is 3. The highest BCUT2D eigenvalue weighted by Gasteiger charge is 2.15. The molecule has 4 aromatic rings. The van der Waals surface area contributed by atoms with Gasteiger partial charge in [0.25, 0.3) is 11.6 Å². The molecule has 1 aromatic heterocycles. The SMILES string of the molecule is CCn1c2ccccc2c2cc(NC(=O)c3ccc([N+](=O)[O-])c(C)c3)ccc21. The van der Waals surface area contributed by atoms with E-state index in [0.29, 0.717) is 16.8 Å². The number of nitrogens with zero attached hydrogens (tertiary/aromatic N) is 2. The molecule has 0 saturated heterocycles. The summed E-state index contributed by atoms with van der Waals surface area (Å²) in [5, 5.41) is 16.1. The van der Waals surface area contributed by atoms with E-state index in [2.05, 4.69) is 28.9 Å². The van der Waals surface area contributed by atoms with E-state index in [9.17, 15) is 14.9 Å². The van der Waals surface area contributed by atoms with Crippen molar-refractivity contribution < 1.29 is 9.72 Å². The van der Waals surface area contributed by atoms with Gasteiger partial charge in [0.05, 0.1) is 4.92 Å². The van der Waals surface area contributed by atoms with Gasteiger partial charge >= 0.3 is 0 Å². The van der Waals surface area contributed by atoms with Crippen molar-refractivity contribution in [3.8, 4) is 0 Å². The molecule has 4 rings (SSSR count). The van der Waals surface area contributed by atoms with Crippen molar-refractivity contribution in [2.45, 2.75) is 20.4 Å². The maximum absolute atomic E-state index is 12.6. The molecule has 3 aromatic carbocycles. The fourth-order valence-corrected chi connectivity index (χ4v) is 3.68. The van der Waals surface area contributed by atoms with Crippen LogP contribution in [0.5, 0.6) is 0 Å². The lowest BCUT2D eigenvalue weighted by atomic mass is 10.1. The fraction of sp³-hybridized carbons (Fsp3) is 0.136. The number of carbonyl (C=O) groups is 1.